The molecule has 1 atom stereocenters. The first kappa shape index (κ1) is 25.2. The number of fused-ring (bicyclic) bond motifs is 3. The smallest absolute Gasteiger partial charge is 0.406 e. The predicted octanol–water partition coefficient (Wildman–Crippen LogP) is 5.76. The molecule has 1 unspecified atom stereocenters. The zero-order chi connectivity index (χ0) is 27.5. The zero-order valence-electron chi connectivity index (χ0n) is 20.7. The van der Waals surface area contributed by atoms with E-state index in [1.54, 1.807) is 17.6 Å². The normalized spacial score (nSPS) is 19.2. The number of aromatic nitrogens is 4. The molecule has 0 N–H and O–H groups in total. The van der Waals surface area contributed by atoms with Crippen molar-refractivity contribution >= 4 is 11.6 Å². The summed E-state index contributed by atoms with van der Waals surface area (Å²) in [7, 11) is 0. The van der Waals surface area contributed by atoms with Crippen LogP contribution in [0.25, 0.3) is 22.7 Å². The second-order valence-electron chi connectivity index (χ2n) is 9.87. The standard InChI is InChI=1S/C27H22F5N5O2/c1-15-33-13-22(39-15)18-7-6-16(12-20(18)29)23-34-35-24-26(9-3-11-36(23)24)10-8-17-19(28)4-2-5-21(17)37(25(26)38)14-27(30,31)32/h2,4-7,12-13H,3,8-11,14H2,1H3. The zero-order valence-corrected chi connectivity index (χ0v) is 20.7. The first-order valence-electron chi connectivity index (χ1n) is 12.4. The van der Waals surface area contributed by atoms with Crippen molar-refractivity contribution < 1.29 is 31.2 Å². The van der Waals surface area contributed by atoms with Crippen molar-refractivity contribution in [3.63, 3.8) is 0 Å². The highest BCUT2D eigenvalue weighted by molar-refractivity contribution is 6.02. The molecule has 0 bridgehead atoms. The van der Waals surface area contributed by atoms with E-state index in [9.17, 15) is 22.4 Å². The molecule has 0 saturated heterocycles. The van der Waals surface area contributed by atoms with Gasteiger partial charge in [0.2, 0.25) is 5.91 Å². The van der Waals surface area contributed by atoms with E-state index in [0.29, 0.717) is 29.3 Å². The second kappa shape index (κ2) is 8.99. The fraction of sp³-hybridized carbons (Fsp3) is 0.333. The van der Waals surface area contributed by atoms with Crippen LogP contribution in [0.3, 0.4) is 0 Å². The molecular weight excluding hydrogens is 521 g/mol. The molecule has 2 aromatic heterocycles. The molecular formula is C27H22F5N5O2. The van der Waals surface area contributed by atoms with Crippen LogP contribution in [0.2, 0.25) is 0 Å². The largest absolute Gasteiger partial charge is 0.441 e. The predicted molar refractivity (Wildman–Crippen MR) is 130 cm³/mol. The Bertz CT molecular complexity index is 1590. The number of halogens is 5. The van der Waals surface area contributed by atoms with Crippen LogP contribution in [0.4, 0.5) is 27.6 Å². The average Bonchev–Trinajstić information content (AvgIpc) is 3.50. The molecule has 0 aliphatic carbocycles. The minimum atomic E-state index is -4.71. The monoisotopic (exact) mass is 543 g/mol. The van der Waals surface area contributed by atoms with Gasteiger partial charge in [0.1, 0.15) is 29.4 Å². The molecule has 6 rings (SSSR count). The Kier molecular flexibility index (Phi) is 5.81. The second-order valence-corrected chi connectivity index (χ2v) is 9.87. The van der Waals surface area contributed by atoms with E-state index >= 15 is 4.39 Å². The summed E-state index contributed by atoms with van der Waals surface area (Å²) in [6.07, 6.45) is -2.51. The molecule has 39 heavy (non-hydrogen) atoms. The number of benzene rings is 2. The van der Waals surface area contributed by atoms with Gasteiger partial charge in [0, 0.05) is 24.6 Å². The Hall–Kier alpha value is -4.09. The fourth-order valence-electron chi connectivity index (χ4n) is 5.71. The molecule has 7 nitrogen and oxygen atoms in total. The van der Waals surface area contributed by atoms with Gasteiger partial charge in [-0.3, -0.25) is 4.79 Å². The number of hydrogen-bond donors (Lipinski definition) is 0. The third kappa shape index (κ3) is 4.18. The summed E-state index contributed by atoms with van der Waals surface area (Å²) in [5.74, 6) is -0.916. The maximum Gasteiger partial charge on any atom is 0.406 e. The number of amides is 1. The Morgan fingerprint density at radius 2 is 1.90 bits per heavy atom. The van der Waals surface area contributed by atoms with Crippen molar-refractivity contribution in [3.8, 4) is 22.7 Å². The molecule has 0 fully saturated rings. The minimum absolute atomic E-state index is 0.0459. The van der Waals surface area contributed by atoms with Gasteiger partial charge in [-0.15, -0.1) is 10.2 Å². The number of rotatable bonds is 3. The van der Waals surface area contributed by atoms with E-state index in [1.807, 2.05) is 0 Å². The quantitative estimate of drug-likeness (QED) is 0.307. The van der Waals surface area contributed by atoms with Gasteiger partial charge in [-0.1, -0.05) is 12.1 Å². The lowest BCUT2D eigenvalue weighted by Gasteiger charge is -2.38. The van der Waals surface area contributed by atoms with Crippen molar-refractivity contribution in [1.82, 2.24) is 19.7 Å². The maximum atomic E-state index is 15.1. The highest BCUT2D eigenvalue weighted by Crippen LogP contribution is 2.45. The molecule has 202 valence electrons. The number of carbonyl (C=O) groups excluding carboxylic acids is 1. The summed E-state index contributed by atoms with van der Waals surface area (Å²) in [6.45, 7) is 0.475. The average molecular weight is 543 g/mol. The highest BCUT2D eigenvalue weighted by Gasteiger charge is 2.52. The summed E-state index contributed by atoms with van der Waals surface area (Å²) in [4.78, 5) is 18.6. The Labute approximate surface area is 219 Å². The molecule has 0 saturated carbocycles. The number of alkyl halides is 3. The van der Waals surface area contributed by atoms with Crippen LogP contribution >= 0.6 is 0 Å². The fourth-order valence-corrected chi connectivity index (χ4v) is 5.71. The lowest BCUT2D eigenvalue weighted by Crippen LogP contribution is -2.52. The summed E-state index contributed by atoms with van der Waals surface area (Å²) < 4.78 is 77.9. The van der Waals surface area contributed by atoms with Crippen molar-refractivity contribution in [2.45, 2.75) is 50.7 Å². The molecule has 2 aromatic carbocycles. The SMILES string of the molecule is Cc1ncc(-c2ccc(-c3nnc4n3CCCC43CCc4c(F)cccc4N(CC(F)(F)F)C3=O)cc2F)o1. The van der Waals surface area contributed by atoms with Crippen LogP contribution < -0.4 is 4.90 Å². The van der Waals surface area contributed by atoms with E-state index in [4.69, 9.17) is 4.42 Å². The van der Waals surface area contributed by atoms with Crippen molar-refractivity contribution in [2.75, 3.05) is 11.4 Å². The van der Waals surface area contributed by atoms with Gasteiger partial charge in [-0.25, -0.2) is 13.8 Å². The molecule has 1 amide bonds. The number of aryl methyl sites for hydroxylation is 1. The first-order valence-corrected chi connectivity index (χ1v) is 12.4. The van der Waals surface area contributed by atoms with Gasteiger partial charge >= 0.3 is 6.18 Å². The molecule has 4 heterocycles. The number of nitrogens with zero attached hydrogens (tertiary/aromatic N) is 5. The van der Waals surface area contributed by atoms with Crippen LogP contribution in [-0.2, 0) is 23.2 Å². The van der Waals surface area contributed by atoms with Gasteiger partial charge in [-0.05, 0) is 49.9 Å². The summed E-state index contributed by atoms with van der Waals surface area (Å²) >= 11 is 0. The van der Waals surface area contributed by atoms with Gasteiger partial charge < -0.3 is 13.9 Å². The lowest BCUT2D eigenvalue weighted by atomic mass is 9.75. The van der Waals surface area contributed by atoms with E-state index in [-0.39, 0.29) is 53.5 Å². The van der Waals surface area contributed by atoms with Crippen molar-refractivity contribution in [1.29, 1.82) is 0 Å². The number of oxazole rings is 1. The minimum Gasteiger partial charge on any atom is -0.441 e. The van der Waals surface area contributed by atoms with E-state index in [2.05, 4.69) is 15.2 Å². The number of carbonyl (C=O) groups is 1. The van der Waals surface area contributed by atoms with Crippen molar-refractivity contribution in [2.24, 2.45) is 0 Å². The van der Waals surface area contributed by atoms with E-state index < -0.39 is 35.7 Å². The molecule has 12 heteroatoms. The Morgan fingerprint density at radius 1 is 1.08 bits per heavy atom. The van der Waals surface area contributed by atoms with Gasteiger partial charge in [-0.2, -0.15) is 13.2 Å². The van der Waals surface area contributed by atoms with Gasteiger partial charge in [0.15, 0.2) is 17.5 Å². The van der Waals surface area contributed by atoms with Gasteiger partial charge in [0.25, 0.3) is 0 Å². The van der Waals surface area contributed by atoms with Crippen LogP contribution in [0.15, 0.2) is 47.0 Å². The van der Waals surface area contributed by atoms with Crippen LogP contribution in [0.5, 0.6) is 0 Å². The summed E-state index contributed by atoms with van der Waals surface area (Å²) in [5.41, 5.74) is -0.895. The van der Waals surface area contributed by atoms with Crippen LogP contribution in [0.1, 0.15) is 36.5 Å². The van der Waals surface area contributed by atoms with Crippen LogP contribution in [0, 0.1) is 18.6 Å². The Morgan fingerprint density at radius 3 is 2.62 bits per heavy atom. The third-order valence-corrected chi connectivity index (χ3v) is 7.46. The number of hydrogen-bond acceptors (Lipinski definition) is 5. The van der Waals surface area contributed by atoms with E-state index in [0.717, 1.165) is 0 Å². The van der Waals surface area contributed by atoms with E-state index in [1.165, 1.54) is 36.5 Å². The molecule has 4 aromatic rings. The molecule has 0 radical (unpaired) electrons. The Balaban J connectivity index is 1.43. The highest BCUT2D eigenvalue weighted by atomic mass is 19.4. The van der Waals surface area contributed by atoms with Gasteiger partial charge in [0.05, 0.1) is 17.4 Å². The topological polar surface area (TPSA) is 77.1 Å². The maximum absolute atomic E-state index is 15.1. The lowest BCUT2D eigenvalue weighted by molar-refractivity contribution is -0.136. The number of anilines is 1. The van der Waals surface area contributed by atoms with Crippen LogP contribution in [-0.4, -0.2) is 38.4 Å². The molecule has 2 aliphatic heterocycles. The summed E-state index contributed by atoms with van der Waals surface area (Å²) in [5, 5.41) is 8.51. The first-order chi connectivity index (χ1) is 18.6. The molecule has 1 spiro atoms. The van der Waals surface area contributed by atoms with Crippen molar-refractivity contribution in [3.05, 3.63) is 71.5 Å². The third-order valence-electron chi connectivity index (χ3n) is 7.46. The molecule has 2 aliphatic rings. The summed E-state index contributed by atoms with van der Waals surface area (Å²) in [6, 6.07) is 8.22.